The molecule has 0 saturated heterocycles. The molecule has 0 aromatic heterocycles. The van der Waals surface area contributed by atoms with Crippen molar-refractivity contribution in [2.24, 2.45) is 5.92 Å². The number of rotatable bonds is 4. The molecule has 1 nitrogen and oxygen atoms in total. The van der Waals surface area contributed by atoms with Crippen LogP contribution in [0.1, 0.15) is 30.9 Å². The van der Waals surface area contributed by atoms with Gasteiger partial charge in [0, 0.05) is 12.6 Å². The quantitative estimate of drug-likeness (QED) is 0.768. The van der Waals surface area contributed by atoms with Crippen molar-refractivity contribution >= 4 is 0 Å². The fourth-order valence-electron chi connectivity index (χ4n) is 1.75. The summed E-state index contributed by atoms with van der Waals surface area (Å²) in [4.78, 5) is 0. The predicted molar refractivity (Wildman–Crippen MR) is 60.2 cm³/mol. The van der Waals surface area contributed by atoms with E-state index in [4.69, 9.17) is 0 Å². The van der Waals surface area contributed by atoms with Gasteiger partial charge in [0.25, 0.3) is 0 Å². The lowest BCUT2D eigenvalue weighted by Gasteiger charge is -2.12. The second kappa shape index (κ2) is 4.14. The van der Waals surface area contributed by atoms with E-state index in [1.54, 1.807) is 0 Å². The van der Waals surface area contributed by atoms with Gasteiger partial charge < -0.3 is 5.32 Å². The monoisotopic (exact) mass is 189 g/mol. The SMILES string of the molecule is Cc1ccc(CNC(C)C2CC2)cc1. The zero-order valence-corrected chi connectivity index (χ0v) is 9.09. The molecule has 1 saturated carbocycles. The molecule has 2 rings (SSSR count). The Kier molecular flexibility index (Phi) is 2.87. The van der Waals surface area contributed by atoms with E-state index in [9.17, 15) is 0 Å². The highest BCUT2D eigenvalue weighted by molar-refractivity contribution is 5.21. The van der Waals surface area contributed by atoms with Gasteiger partial charge in [-0.25, -0.2) is 0 Å². The topological polar surface area (TPSA) is 12.0 Å². The van der Waals surface area contributed by atoms with Gasteiger partial charge in [-0.1, -0.05) is 29.8 Å². The largest absolute Gasteiger partial charge is 0.310 e. The maximum Gasteiger partial charge on any atom is 0.0208 e. The van der Waals surface area contributed by atoms with Crippen LogP contribution >= 0.6 is 0 Å². The maximum atomic E-state index is 3.58. The average Bonchev–Trinajstić information content (AvgIpc) is 3.00. The van der Waals surface area contributed by atoms with Crippen LogP contribution in [0.3, 0.4) is 0 Å². The van der Waals surface area contributed by atoms with Gasteiger partial charge in [-0.2, -0.15) is 0 Å². The minimum atomic E-state index is 0.691. The third kappa shape index (κ3) is 2.58. The standard InChI is InChI=1S/C13H19N/c1-10-3-5-12(6-4-10)9-14-11(2)13-7-8-13/h3-6,11,13-14H,7-9H2,1-2H3. The normalized spacial score (nSPS) is 18.1. The fourth-order valence-corrected chi connectivity index (χ4v) is 1.75. The van der Waals surface area contributed by atoms with Crippen molar-refractivity contribution in [1.82, 2.24) is 5.32 Å². The predicted octanol–water partition coefficient (Wildman–Crippen LogP) is 2.88. The third-order valence-corrected chi connectivity index (χ3v) is 3.08. The van der Waals surface area contributed by atoms with Gasteiger partial charge in [0.1, 0.15) is 0 Å². The van der Waals surface area contributed by atoms with Crippen molar-refractivity contribution in [2.75, 3.05) is 0 Å². The molecule has 14 heavy (non-hydrogen) atoms. The van der Waals surface area contributed by atoms with Crippen LogP contribution in [0, 0.1) is 12.8 Å². The molecular formula is C13H19N. The summed E-state index contributed by atoms with van der Waals surface area (Å²) in [6.07, 6.45) is 2.84. The molecule has 0 aliphatic heterocycles. The summed E-state index contributed by atoms with van der Waals surface area (Å²) in [5.74, 6) is 0.945. The second-order valence-electron chi connectivity index (χ2n) is 4.49. The smallest absolute Gasteiger partial charge is 0.0208 e. The first-order valence-corrected chi connectivity index (χ1v) is 5.54. The number of nitrogens with one attached hydrogen (secondary N) is 1. The van der Waals surface area contributed by atoms with Crippen molar-refractivity contribution in [1.29, 1.82) is 0 Å². The summed E-state index contributed by atoms with van der Waals surface area (Å²) in [6.45, 7) is 5.44. The minimum absolute atomic E-state index is 0.691. The molecule has 0 heterocycles. The summed E-state index contributed by atoms with van der Waals surface area (Å²) < 4.78 is 0. The lowest BCUT2D eigenvalue weighted by molar-refractivity contribution is 0.496. The lowest BCUT2D eigenvalue weighted by atomic mass is 10.1. The summed E-state index contributed by atoms with van der Waals surface area (Å²) in [5, 5.41) is 3.58. The molecule has 0 amide bonds. The zero-order chi connectivity index (χ0) is 9.97. The Hall–Kier alpha value is -0.820. The second-order valence-corrected chi connectivity index (χ2v) is 4.49. The summed E-state index contributed by atoms with van der Waals surface area (Å²) in [6, 6.07) is 9.47. The first-order valence-electron chi connectivity index (χ1n) is 5.54. The molecule has 1 aromatic rings. The van der Waals surface area contributed by atoms with Crippen molar-refractivity contribution in [3.63, 3.8) is 0 Å². The lowest BCUT2D eigenvalue weighted by Crippen LogP contribution is -2.27. The molecular weight excluding hydrogens is 170 g/mol. The van der Waals surface area contributed by atoms with E-state index in [0.717, 1.165) is 12.5 Å². The van der Waals surface area contributed by atoms with Crippen molar-refractivity contribution in [2.45, 2.75) is 39.3 Å². The average molecular weight is 189 g/mol. The van der Waals surface area contributed by atoms with Crippen LogP contribution < -0.4 is 5.32 Å². The Balaban J connectivity index is 1.82. The molecule has 76 valence electrons. The molecule has 1 N–H and O–H groups in total. The van der Waals surface area contributed by atoms with E-state index in [1.165, 1.54) is 24.0 Å². The van der Waals surface area contributed by atoms with Crippen LogP contribution in [0.5, 0.6) is 0 Å². The van der Waals surface area contributed by atoms with Crippen molar-refractivity contribution in [3.05, 3.63) is 35.4 Å². The van der Waals surface area contributed by atoms with Gasteiger partial charge in [-0.05, 0) is 38.2 Å². The summed E-state index contributed by atoms with van der Waals surface area (Å²) in [7, 11) is 0. The van der Waals surface area contributed by atoms with Gasteiger partial charge >= 0.3 is 0 Å². The fraction of sp³-hybridized carbons (Fsp3) is 0.538. The van der Waals surface area contributed by atoms with Crippen LogP contribution in [0.25, 0.3) is 0 Å². The van der Waals surface area contributed by atoms with E-state index >= 15 is 0 Å². The van der Waals surface area contributed by atoms with Crippen LogP contribution in [0.4, 0.5) is 0 Å². The Morgan fingerprint density at radius 1 is 1.29 bits per heavy atom. The van der Waals surface area contributed by atoms with Gasteiger partial charge in [0.2, 0.25) is 0 Å². The van der Waals surface area contributed by atoms with Crippen molar-refractivity contribution < 1.29 is 0 Å². The number of benzene rings is 1. The Morgan fingerprint density at radius 2 is 1.93 bits per heavy atom. The van der Waals surface area contributed by atoms with Crippen molar-refractivity contribution in [3.8, 4) is 0 Å². The third-order valence-electron chi connectivity index (χ3n) is 3.08. The van der Waals surface area contributed by atoms with Gasteiger partial charge in [0.05, 0.1) is 0 Å². The highest BCUT2D eigenvalue weighted by Gasteiger charge is 2.27. The summed E-state index contributed by atoms with van der Waals surface area (Å²) >= 11 is 0. The minimum Gasteiger partial charge on any atom is -0.310 e. The molecule has 0 radical (unpaired) electrons. The Labute approximate surface area is 86.5 Å². The first kappa shape index (κ1) is 9.72. The Bertz CT molecular complexity index is 285. The molecule has 1 atom stereocenters. The first-order chi connectivity index (χ1) is 6.75. The molecule has 1 aliphatic carbocycles. The van der Waals surface area contributed by atoms with Gasteiger partial charge in [-0.15, -0.1) is 0 Å². The van der Waals surface area contributed by atoms with E-state index in [2.05, 4.69) is 43.4 Å². The molecule has 1 unspecified atom stereocenters. The van der Waals surface area contributed by atoms with E-state index in [-0.39, 0.29) is 0 Å². The Morgan fingerprint density at radius 3 is 2.50 bits per heavy atom. The highest BCUT2D eigenvalue weighted by atomic mass is 14.9. The van der Waals surface area contributed by atoms with Crippen LogP contribution in [0.15, 0.2) is 24.3 Å². The zero-order valence-electron chi connectivity index (χ0n) is 9.09. The molecule has 0 bridgehead atoms. The molecule has 1 aliphatic rings. The maximum absolute atomic E-state index is 3.58. The van der Waals surface area contributed by atoms with Crippen LogP contribution in [-0.4, -0.2) is 6.04 Å². The summed E-state index contributed by atoms with van der Waals surface area (Å²) in [5.41, 5.74) is 2.73. The molecule has 1 fully saturated rings. The van der Waals surface area contributed by atoms with E-state index < -0.39 is 0 Å². The molecule has 1 aromatic carbocycles. The molecule has 1 heteroatoms. The number of hydrogen-bond donors (Lipinski definition) is 1. The number of aryl methyl sites for hydroxylation is 1. The van der Waals surface area contributed by atoms with E-state index in [1.807, 2.05) is 0 Å². The van der Waals surface area contributed by atoms with Crippen LogP contribution in [-0.2, 0) is 6.54 Å². The van der Waals surface area contributed by atoms with Gasteiger partial charge in [-0.3, -0.25) is 0 Å². The molecule has 0 spiro atoms. The van der Waals surface area contributed by atoms with E-state index in [0.29, 0.717) is 6.04 Å². The van der Waals surface area contributed by atoms with Crippen LogP contribution in [0.2, 0.25) is 0 Å². The highest BCUT2D eigenvalue weighted by Crippen LogP contribution is 2.32. The van der Waals surface area contributed by atoms with Gasteiger partial charge in [0.15, 0.2) is 0 Å². The number of hydrogen-bond acceptors (Lipinski definition) is 1.